The van der Waals surface area contributed by atoms with Crippen molar-refractivity contribution in [2.75, 3.05) is 0 Å². The highest BCUT2D eigenvalue weighted by Gasteiger charge is 2.49. The zero-order valence-electron chi connectivity index (χ0n) is 10.4. The van der Waals surface area contributed by atoms with E-state index in [1.807, 2.05) is 10.7 Å². The smallest absolute Gasteiger partial charge is 0.353 e. The topological polar surface area (TPSA) is 75.4 Å². The van der Waals surface area contributed by atoms with E-state index < -0.39 is 5.97 Å². The largest absolute Gasteiger partial charge is 0.477 e. The summed E-state index contributed by atoms with van der Waals surface area (Å²) in [6.45, 7) is 0.932. The van der Waals surface area contributed by atoms with Gasteiger partial charge in [0.25, 0.3) is 5.91 Å². The van der Waals surface area contributed by atoms with Crippen molar-refractivity contribution in [2.24, 2.45) is 0 Å². The molecule has 0 saturated carbocycles. The van der Waals surface area contributed by atoms with Crippen molar-refractivity contribution in [3.8, 4) is 0 Å². The van der Waals surface area contributed by atoms with Crippen LogP contribution in [0.2, 0.25) is 0 Å². The molecule has 20 heavy (non-hydrogen) atoms. The number of rotatable bonds is 2. The Balaban J connectivity index is 1.61. The zero-order valence-corrected chi connectivity index (χ0v) is 11.3. The molecule has 1 atom stereocenters. The summed E-state index contributed by atoms with van der Waals surface area (Å²) in [4.78, 5) is 24.4. The van der Waals surface area contributed by atoms with Gasteiger partial charge in [-0.05, 0) is 25.0 Å². The molecule has 0 unspecified atom stereocenters. The van der Waals surface area contributed by atoms with Crippen molar-refractivity contribution in [3.05, 3.63) is 34.1 Å². The van der Waals surface area contributed by atoms with Crippen molar-refractivity contribution in [1.82, 2.24) is 14.7 Å². The number of amides is 1. The van der Waals surface area contributed by atoms with Gasteiger partial charge in [0.15, 0.2) is 0 Å². The van der Waals surface area contributed by atoms with E-state index >= 15 is 0 Å². The first-order chi connectivity index (χ1) is 9.65. The van der Waals surface area contributed by atoms with Crippen LogP contribution >= 0.6 is 11.8 Å². The van der Waals surface area contributed by atoms with Crippen molar-refractivity contribution in [3.63, 3.8) is 0 Å². The lowest BCUT2D eigenvalue weighted by molar-refractivity contribution is -0.141. The maximum atomic E-state index is 12.0. The van der Waals surface area contributed by atoms with Crippen LogP contribution in [0, 0.1) is 0 Å². The Labute approximate surface area is 118 Å². The number of carboxylic acid groups (broad SMARTS) is 1. The average Bonchev–Trinajstić information content (AvgIpc) is 3.07. The minimum absolute atomic E-state index is 0.0643. The number of carboxylic acids is 1. The number of β-lactam (4-membered cyclic amide) rings is 1. The van der Waals surface area contributed by atoms with E-state index in [9.17, 15) is 9.59 Å². The fraction of sp³-hybridized carbons (Fsp3) is 0.308. The lowest BCUT2D eigenvalue weighted by atomic mass is 10.0. The van der Waals surface area contributed by atoms with Crippen LogP contribution < -0.4 is 0 Å². The van der Waals surface area contributed by atoms with Gasteiger partial charge in [0.1, 0.15) is 11.1 Å². The Morgan fingerprint density at radius 3 is 3.15 bits per heavy atom. The summed E-state index contributed by atoms with van der Waals surface area (Å²) in [7, 11) is 0. The summed E-state index contributed by atoms with van der Waals surface area (Å²) in [6.07, 6.45) is 3.93. The Bertz CT molecular complexity index is 682. The lowest BCUT2D eigenvalue weighted by Gasteiger charge is -2.36. The summed E-state index contributed by atoms with van der Waals surface area (Å²) in [5, 5.41) is 14.8. The van der Waals surface area contributed by atoms with E-state index in [4.69, 9.17) is 5.11 Å². The predicted octanol–water partition coefficient (Wildman–Crippen LogP) is 1.05. The van der Waals surface area contributed by atoms with Gasteiger partial charge in [-0.15, -0.1) is 11.8 Å². The number of fused-ring (bicyclic) bond motifs is 2. The molecule has 4 heterocycles. The number of hydrogen-bond donors (Lipinski definition) is 1. The number of aliphatic carboxylic acids is 1. The fourth-order valence-corrected chi connectivity index (χ4v) is 3.90. The molecule has 1 fully saturated rings. The molecule has 0 aliphatic carbocycles. The second-order valence-corrected chi connectivity index (χ2v) is 5.91. The minimum atomic E-state index is -1.06. The fourth-order valence-electron chi connectivity index (χ4n) is 2.78. The van der Waals surface area contributed by atoms with E-state index in [1.54, 1.807) is 6.08 Å². The maximum absolute atomic E-state index is 12.0. The minimum Gasteiger partial charge on any atom is -0.477 e. The molecule has 0 spiro atoms. The molecular formula is C13H11N3O3S. The molecule has 3 aliphatic heterocycles. The van der Waals surface area contributed by atoms with Crippen LogP contribution in [0.1, 0.15) is 17.8 Å². The van der Waals surface area contributed by atoms with Gasteiger partial charge < -0.3 is 5.11 Å². The van der Waals surface area contributed by atoms with Gasteiger partial charge >= 0.3 is 5.97 Å². The predicted molar refractivity (Wildman–Crippen MR) is 72.5 cm³/mol. The third-order valence-corrected chi connectivity index (χ3v) is 4.82. The summed E-state index contributed by atoms with van der Waals surface area (Å²) in [5.41, 5.74) is 2.67. The third kappa shape index (κ3) is 1.49. The molecule has 1 aromatic heterocycles. The van der Waals surface area contributed by atoms with E-state index in [-0.39, 0.29) is 17.0 Å². The van der Waals surface area contributed by atoms with Crippen molar-refractivity contribution in [2.45, 2.75) is 24.8 Å². The summed E-state index contributed by atoms with van der Waals surface area (Å²) >= 11 is 1.35. The Morgan fingerprint density at radius 2 is 2.40 bits per heavy atom. The number of carbonyl (C=O) groups is 2. The summed E-state index contributed by atoms with van der Waals surface area (Å²) in [5.74, 6) is -1.30. The van der Waals surface area contributed by atoms with Gasteiger partial charge in [-0.1, -0.05) is 0 Å². The number of carbonyl (C=O) groups excluding carboxylic acids is 1. The molecule has 0 radical (unpaired) electrons. The Morgan fingerprint density at radius 1 is 1.55 bits per heavy atom. The molecule has 0 aromatic carbocycles. The highest BCUT2D eigenvalue weighted by Crippen LogP contribution is 2.45. The SMILES string of the molecule is O=C(O)C1=CS[C@@H]2/C(=C\c3cc4n(n3)CCC4)C(=O)N12. The van der Waals surface area contributed by atoms with Crippen LogP contribution in [0.4, 0.5) is 0 Å². The molecule has 102 valence electrons. The standard InChI is InChI=1S/C13H11N3O3S/c17-11-9(12-16(11)10(6-20-12)13(18)19)5-7-4-8-2-1-3-15(8)14-7/h4-6,12H,1-3H2,(H,18,19)/b9-5-/t12-/m1/s1. The number of aromatic nitrogens is 2. The second-order valence-electron chi connectivity index (χ2n) is 4.96. The molecule has 1 amide bonds. The van der Waals surface area contributed by atoms with Crippen LogP contribution in [0.15, 0.2) is 22.7 Å². The molecule has 6 nitrogen and oxygen atoms in total. The molecular weight excluding hydrogens is 278 g/mol. The highest BCUT2D eigenvalue weighted by atomic mass is 32.2. The maximum Gasteiger partial charge on any atom is 0.353 e. The van der Waals surface area contributed by atoms with Crippen LogP contribution in [-0.4, -0.2) is 37.0 Å². The first-order valence-corrected chi connectivity index (χ1v) is 7.30. The molecule has 1 N–H and O–H groups in total. The zero-order chi connectivity index (χ0) is 13.9. The van der Waals surface area contributed by atoms with Gasteiger partial charge in [0.05, 0.1) is 11.3 Å². The van der Waals surface area contributed by atoms with Crippen LogP contribution in [0.3, 0.4) is 0 Å². The van der Waals surface area contributed by atoms with Crippen LogP contribution in [0.25, 0.3) is 6.08 Å². The van der Waals surface area contributed by atoms with Gasteiger partial charge in [0, 0.05) is 17.6 Å². The van der Waals surface area contributed by atoms with Crippen LogP contribution in [-0.2, 0) is 22.6 Å². The quantitative estimate of drug-likeness (QED) is 0.650. The van der Waals surface area contributed by atoms with Gasteiger partial charge in [-0.2, -0.15) is 5.10 Å². The normalized spacial score (nSPS) is 25.5. The van der Waals surface area contributed by atoms with E-state index in [0.29, 0.717) is 5.57 Å². The summed E-state index contributed by atoms with van der Waals surface area (Å²) in [6, 6.07) is 2.00. The van der Waals surface area contributed by atoms with Crippen molar-refractivity contribution < 1.29 is 14.7 Å². The number of thioether (sulfide) groups is 1. The molecule has 1 saturated heterocycles. The van der Waals surface area contributed by atoms with Gasteiger partial charge in [-0.25, -0.2) is 4.79 Å². The Hall–Kier alpha value is -2.02. The molecule has 1 aromatic rings. The van der Waals surface area contributed by atoms with Crippen molar-refractivity contribution in [1.29, 1.82) is 0 Å². The number of nitrogens with zero attached hydrogens (tertiary/aromatic N) is 3. The first kappa shape index (κ1) is 11.8. The first-order valence-electron chi connectivity index (χ1n) is 6.36. The molecule has 3 aliphatic rings. The van der Waals surface area contributed by atoms with E-state index in [2.05, 4.69) is 5.10 Å². The highest BCUT2D eigenvalue weighted by molar-refractivity contribution is 8.03. The molecule has 7 heteroatoms. The lowest BCUT2D eigenvalue weighted by Crippen LogP contribution is -2.51. The van der Waals surface area contributed by atoms with Crippen LogP contribution in [0.5, 0.6) is 0 Å². The van der Waals surface area contributed by atoms with E-state index in [0.717, 1.165) is 25.1 Å². The van der Waals surface area contributed by atoms with Gasteiger partial charge in [0.2, 0.25) is 0 Å². The van der Waals surface area contributed by atoms with E-state index in [1.165, 1.54) is 27.8 Å². The Kier molecular flexibility index (Phi) is 2.35. The van der Waals surface area contributed by atoms with Gasteiger partial charge in [-0.3, -0.25) is 14.4 Å². The number of aryl methyl sites for hydroxylation is 2. The number of hydrogen-bond acceptors (Lipinski definition) is 4. The monoisotopic (exact) mass is 289 g/mol. The summed E-state index contributed by atoms with van der Waals surface area (Å²) < 4.78 is 1.97. The van der Waals surface area contributed by atoms with Crippen molar-refractivity contribution >= 4 is 29.7 Å². The molecule has 4 rings (SSSR count). The molecule has 0 bridgehead atoms. The second kappa shape index (κ2) is 3.99. The average molecular weight is 289 g/mol. The third-order valence-electron chi connectivity index (χ3n) is 3.74.